The van der Waals surface area contributed by atoms with Crippen molar-refractivity contribution < 1.29 is 9.53 Å². The van der Waals surface area contributed by atoms with Crippen LogP contribution in [0.5, 0.6) is 0 Å². The topological polar surface area (TPSA) is 42.4 Å². The second kappa shape index (κ2) is 6.95. The molecule has 2 aromatic rings. The summed E-state index contributed by atoms with van der Waals surface area (Å²) in [6.45, 7) is 6.46. The van der Waals surface area contributed by atoms with Gasteiger partial charge in [0.25, 0.3) is 0 Å². The first-order valence-corrected chi connectivity index (χ1v) is 10.2. The quantitative estimate of drug-likeness (QED) is 0.779. The van der Waals surface area contributed by atoms with Gasteiger partial charge in [0.1, 0.15) is 0 Å². The third-order valence-corrected chi connectivity index (χ3v) is 6.51. The fraction of sp³-hybridized carbons (Fsp3) is 0.500. The molecular weight excluding hydrogens is 368 g/mol. The predicted molar refractivity (Wildman–Crippen MR) is 106 cm³/mol. The summed E-state index contributed by atoms with van der Waals surface area (Å²) in [4.78, 5) is 20.6. The first kappa shape index (κ1) is 18.0. The molecule has 6 heteroatoms. The molecule has 1 atom stereocenters. The summed E-state index contributed by atoms with van der Waals surface area (Å²) in [6, 6.07) is 8.20. The second-order valence-electron chi connectivity index (χ2n) is 7.97. The largest absolute Gasteiger partial charge is 0.377 e. The van der Waals surface area contributed by atoms with Crippen LogP contribution in [0.4, 0.5) is 5.13 Å². The van der Waals surface area contributed by atoms with Crippen LogP contribution in [0.15, 0.2) is 24.3 Å². The van der Waals surface area contributed by atoms with E-state index in [0.29, 0.717) is 19.6 Å². The smallest absolute Gasteiger partial charge is 0.186 e. The van der Waals surface area contributed by atoms with Gasteiger partial charge in [0, 0.05) is 18.0 Å². The van der Waals surface area contributed by atoms with E-state index in [4.69, 9.17) is 21.3 Å². The lowest BCUT2D eigenvalue weighted by Gasteiger charge is -2.35. The van der Waals surface area contributed by atoms with Crippen molar-refractivity contribution in [3.8, 4) is 0 Å². The van der Waals surface area contributed by atoms with Gasteiger partial charge in [0.05, 0.1) is 29.8 Å². The molecule has 4 rings (SSSR count). The monoisotopic (exact) mass is 390 g/mol. The maximum absolute atomic E-state index is 12.5. The summed E-state index contributed by atoms with van der Waals surface area (Å²) in [5.74, 6) is 0.238. The number of anilines is 1. The zero-order valence-electron chi connectivity index (χ0n) is 15.1. The number of carbonyl (C=O) groups excluding carboxylic acids is 1. The van der Waals surface area contributed by atoms with E-state index in [1.165, 1.54) is 5.56 Å². The Hall–Kier alpha value is -1.43. The van der Waals surface area contributed by atoms with Crippen molar-refractivity contribution >= 4 is 33.9 Å². The minimum atomic E-state index is 0.00312. The van der Waals surface area contributed by atoms with Crippen LogP contribution in [0.3, 0.4) is 0 Å². The first-order chi connectivity index (χ1) is 12.4. The molecule has 0 N–H and O–H groups in total. The van der Waals surface area contributed by atoms with E-state index in [1.54, 1.807) is 11.3 Å². The van der Waals surface area contributed by atoms with Gasteiger partial charge < -0.3 is 9.64 Å². The van der Waals surface area contributed by atoms with Crippen LogP contribution in [0, 0.1) is 5.41 Å². The molecule has 1 aromatic heterocycles. The zero-order chi connectivity index (χ0) is 18.3. The molecular formula is C20H23ClN2O2S. The molecule has 1 saturated heterocycles. The number of rotatable bonds is 3. The third-order valence-electron chi connectivity index (χ3n) is 5.08. The van der Waals surface area contributed by atoms with Crippen LogP contribution in [0.2, 0.25) is 5.02 Å². The molecule has 1 aliphatic heterocycles. The summed E-state index contributed by atoms with van der Waals surface area (Å²) in [5, 5.41) is 1.71. The van der Waals surface area contributed by atoms with Crippen molar-refractivity contribution in [1.29, 1.82) is 0 Å². The van der Waals surface area contributed by atoms with Crippen LogP contribution in [0.25, 0.3) is 0 Å². The minimum Gasteiger partial charge on any atom is -0.377 e. The van der Waals surface area contributed by atoms with E-state index in [0.717, 1.165) is 40.1 Å². The van der Waals surface area contributed by atoms with Crippen molar-refractivity contribution in [3.63, 3.8) is 0 Å². The number of nitrogens with zero attached hydrogens (tertiary/aromatic N) is 2. The number of Topliss-reactive ketones (excluding diaryl/α,β-unsaturated/α-hetero) is 1. The van der Waals surface area contributed by atoms with Crippen LogP contribution in [-0.4, -0.2) is 36.6 Å². The normalized spacial score (nSPS) is 22.3. The summed E-state index contributed by atoms with van der Waals surface area (Å²) < 4.78 is 5.73. The number of benzene rings is 1. The van der Waals surface area contributed by atoms with Crippen LogP contribution in [0.1, 0.15) is 41.2 Å². The number of hydrogen-bond donors (Lipinski definition) is 0. The van der Waals surface area contributed by atoms with Crippen molar-refractivity contribution in [2.24, 2.45) is 5.41 Å². The Bertz CT molecular complexity index is 816. The average Bonchev–Trinajstić information content (AvgIpc) is 3.00. The van der Waals surface area contributed by atoms with Gasteiger partial charge in [-0.2, -0.15) is 0 Å². The fourth-order valence-electron chi connectivity index (χ4n) is 3.80. The van der Waals surface area contributed by atoms with Crippen LogP contribution in [-0.2, 0) is 17.6 Å². The van der Waals surface area contributed by atoms with E-state index in [-0.39, 0.29) is 17.2 Å². The number of morpholine rings is 1. The molecule has 138 valence electrons. The Balaban J connectivity index is 1.59. The van der Waals surface area contributed by atoms with E-state index < -0.39 is 0 Å². The third kappa shape index (κ3) is 3.66. The van der Waals surface area contributed by atoms with Crippen molar-refractivity contribution in [3.05, 3.63) is 45.4 Å². The van der Waals surface area contributed by atoms with Gasteiger partial charge >= 0.3 is 0 Å². The summed E-state index contributed by atoms with van der Waals surface area (Å²) in [7, 11) is 0. The van der Waals surface area contributed by atoms with Gasteiger partial charge in [-0.1, -0.05) is 48.9 Å². The second-order valence-corrected chi connectivity index (χ2v) is 9.38. The highest BCUT2D eigenvalue weighted by atomic mass is 35.5. The number of thiazole rings is 1. The van der Waals surface area contributed by atoms with Gasteiger partial charge in [-0.3, -0.25) is 4.79 Å². The highest BCUT2D eigenvalue weighted by Crippen LogP contribution is 2.40. The molecule has 0 bridgehead atoms. The lowest BCUT2D eigenvalue weighted by Crippen LogP contribution is -2.46. The molecule has 2 aliphatic rings. The Morgan fingerprint density at radius 2 is 2.08 bits per heavy atom. The molecule has 0 saturated carbocycles. The summed E-state index contributed by atoms with van der Waals surface area (Å²) in [5.41, 5.74) is 2.21. The SMILES string of the molecule is CC1(C)CC(=O)c2sc(N3CCOCC3Cc3ccc(Cl)cc3)nc2C1. The molecule has 4 nitrogen and oxygen atoms in total. The minimum absolute atomic E-state index is 0.00312. The molecule has 1 aliphatic carbocycles. The Labute approximate surface area is 163 Å². The lowest BCUT2D eigenvalue weighted by atomic mass is 9.78. The summed E-state index contributed by atoms with van der Waals surface area (Å²) >= 11 is 7.55. The van der Waals surface area contributed by atoms with Gasteiger partial charge in [0.2, 0.25) is 0 Å². The molecule has 1 fully saturated rings. The molecule has 1 aromatic carbocycles. The number of hydrogen-bond acceptors (Lipinski definition) is 5. The van der Waals surface area contributed by atoms with E-state index in [1.807, 2.05) is 12.1 Å². The van der Waals surface area contributed by atoms with Crippen molar-refractivity contribution in [2.75, 3.05) is 24.7 Å². The maximum Gasteiger partial charge on any atom is 0.186 e. The number of halogens is 1. The van der Waals surface area contributed by atoms with Gasteiger partial charge in [0.15, 0.2) is 10.9 Å². The Morgan fingerprint density at radius 1 is 1.31 bits per heavy atom. The van der Waals surface area contributed by atoms with Crippen molar-refractivity contribution in [2.45, 2.75) is 39.2 Å². The predicted octanol–water partition coefficient (Wildman–Crippen LogP) is 4.40. The van der Waals surface area contributed by atoms with Gasteiger partial charge in [-0.15, -0.1) is 0 Å². The van der Waals surface area contributed by atoms with Crippen LogP contribution >= 0.6 is 22.9 Å². The van der Waals surface area contributed by atoms with E-state index in [2.05, 4.69) is 30.9 Å². The molecule has 26 heavy (non-hydrogen) atoms. The number of ether oxygens (including phenoxy) is 1. The summed E-state index contributed by atoms with van der Waals surface area (Å²) in [6.07, 6.45) is 2.36. The highest BCUT2D eigenvalue weighted by Gasteiger charge is 2.35. The average molecular weight is 391 g/mol. The number of carbonyl (C=O) groups is 1. The number of ketones is 1. The molecule has 2 heterocycles. The van der Waals surface area contributed by atoms with Gasteiger partial charge in [-0.05, 0) is 36.0 Å². The van der Waals surface area contributed by atoms with Crippen LogP contribution < -0.4 is 4.90 Å². The molecule has 0 amide bonds. The Kier molecular flexibility index (Phi) is 4.80. The number of aromatic nitrogens is 1. The first-order valence-electron chi connectivity index (χ1n) is 9.03. The maximum atomic E-state index is 12.5. The standard InChI is InChI=1S/C20H23ClN2O2S/c1-20(2)10-16-18(17(24)11-20)26-19(22-16)23-7-8-25-12-15(23)9-13-3-5-14(21)6-4-13/h3-6,15H,7-12H2,1-2H3. The Morgan fingerprint density at radius 3 is 2.85 bits per heavy atom. The van der Waals surface area contributed by atoms with Gasteiger partial charge in [-0.25, -0.2) is 4.98 Å². The fourth-order valence-corrected chi connectivity index (χ4v) is 5.04. The molecule has 0 spiro atoms. The number of fused-ring (bicyclic) bond motifs is 1. The van der Waals surface area contributed by atoms with E-state index >= 15 is 0 Å². The van der Waals surface area contributed by atoms with E-state index in [9.17, 15) is 4.79 Å². The van der Waals surface area contributed by atoms with Crippen molar-refractivity contribution in [1.82, 2.24) is 4.98 Å². The molecule has 0 radical (unpaired) electrons. The lowest BCUT2D eigenvalue weighted by molar-refractivity contribution is 0.0915. The highest BCUT2D eigenvalue weighted by molar-refractivity contribution is 7.17. The zero-order valence-corrected chi connectivity index (χ0v) is 16.7. The molecule has 1 unspecified atom stereocenters.